The maximum atomic E-state index is 12.8. The average molecular weight is 397 g/mol. The van der Waals surface area contributed by atoms with Gasteiger partial charge in [0.15, 0.2) is 5.82 Å². The van der Waals surface area contributed by atoms with Crippen molar-refractivity contribution in [3.8, 4) is 0 Å². The number of hydrogen-bond donors (Lipinski definition) is 1. The highest BCUT2D eigenvalue weighted by atomic mass is 19.4. The molecule has 2 aromatic heterocycles. The van der Waals surface area contributed by atoms with Gasteiger partial charge in [-0.05, 0) is 43.2 Å². The number of hydrogen-bond acceptors (Lipinski definition) is 4. The summed E-state index contributed by atoms with van der Waals surface area (Å²) in [4.78, 5) is 8.89. The third kappa shape index (κ3) is 4.37. The Hall–Kier alpha value is -3.42. The monoisotopic (exact) mass is 397 g/mol. The van der Waals surface area contributed by atoms with Crippen LogP contribution in [0.2, 0.25) is 0 Å². The molecule has 148 valence electrons. The van der Waals surface area contributed by atoms with Crippen LogP contribution in [0.1, 0.15) is 22.6 Å². The van der Waals surface area contributed by atoms with Gasteiger partial charge in [-0.1, -0.05) is 30.3 Å². The summed E-state index contributed by atoms with van der Waals surface area (Å²) in [5.74, 6) is 1.69. The summed E-state index contributed by atoms with van der Waals surface area (Å²) in [6.45, 7) is 1.83. The van der Waals surface area contributed by atoms with Crippen LogP contribution in [0.25, 0.3) is 5.78 Å². The molecule has 29 heavy (non-hydrogen) atoms. The van der Waals surface area contributed by atoms with E-state index >= 15 is 0 Å². The Morgan fingerprint density at radius 1 is 0.931 bits per heavy atom. The first-order valence-corrected chi connectivity index (χ1v) is 9.10. The van der Waals surface area contributed by atoms with Crippen molar-refractivity contribution in [3.05, 3.63) is 83.3 Å². The molecule has 0 aliphatic heterocycles. The van der Waals surface area contributed by atoms with Gasteiger partial charge >= 0.3 is 6.18 Å². The van der Waals surface area contributed by atoms with Crippen molar-refractivity contribution in [2.75, 3.05) is 5.32 Å². The van der Waals surface area contributed by atoms with Crippen molar-refractivity contribution in [3.63, 3.8) is 0 Å². The predicted octanol–water partition coefficient (Wildman–Crippen LogP) is 4.98. The van der Waals surface area contributed by atoms with E-state index in [0.717, 1.165) is 24.2 Å². The molecular formula is C21H18F3N5. The Balaban J connectivity index is 1.58. The highest BCUT2D eigenvalue weighted by Crippen LogP contribution is 2.30. The molecule has 2 heterocycles. The van der Waals surface area contributed by atoms with E-state index < -0.39 is 11.7 Å². The Kier molecular flexibility index (Phi) is 4.92. The van der Waals surface area contributed by atoms with Gasteiger partial charge in [0, 0.05) is 23.9 Å². The summed E-state index contributed by atoms with van der Waals surface area (Å²) in [5, 5.41) is 7.63. The van der Waals surface area contributed by atoms with Crippen LogP contribution in [0.15, 0.2) is 60.7 Å². The van der Waals surface area contributed by atoms with Crippen LogP contribution in [0.3, 0.4) is 0 Å². The van der Waals surface area contributed by atoms with Crippen molar-refractivity contribution in [1.82, 2.24) is 19.6 Å². The van der Waals surface area contributed by atoms with Crippen LogP contribution in [-0.2, 0) is 19.0 Å². The van der Waals surface area contributed by atoms with Gasteiger partial charge in [0.25, 0.3) is 5.78 Å². The molecular weight excluding hydrogens is 379 g/mol. The van der Waals surface area contributed by atoms with Crippen LogP contribution < -0.4 is 5.32 Å². The molecule has 1 N–H and O–H groups in total. The van der Waals surface area contributed by atoms with E-state index in [9.17, 15) is 13.2 Å². The van der Waals surface area contributed by atoms with E-state index in [1.807, 2.05) is 25.1 Å². The lowest BCUT2D eigenvalue weighted by atomic mass is 10.1. The van der Waals surface area contributed by atoms with Crippen LogP contribution in [-0.4, -0.2) is 19.6 Å². The number of aromatic nitrogens is 4. The Bertz CT molecular complexity index is 1120. The van der Waals surface area contributed by atoms with Crippen LogP contribution in [0.5, 0.6) is 0 Å². The van der Waals surface area contributed by atoms with Crippen molar-refractivity contribution < 1.29 is 13.2 Å². The largest absolute Gasteiger partial charge is 0.416 e. The van der Waals surface area contributed by atoms with Gasteiger partial charge < -0.3 is 5.32 Å². The second kappa shape index (κ2) is 7.54. The zero-order valence-corrected chi connectivity index (χ0v) is 15.6. The minimum Gasteiger partial charge on any atom is -0.340 e. The fourth-order valence-corrected chi connectivity index (χ4v) is 3.01. The number of nitrogens with one attached hydrogen (secondary N) is 1. The fraction of sp³-hybridized carbons (Fsp3) is 0.190. The first-order chi connectivity index (χ1) is 13.9. The standard InChI is InChI=1S/C21H18F3N5/c1-14-13-19(26-17-10-8-16(9-11-17)21(22,23)24)29-20(25-14)27-18(28-29)12-7-15-5-3-2-4-6-15/h2-6,8-11,13,26H,7,12H2,1H3. The molecule has 4 rings (SSSR count). The molecule has 0 aliphatic rings. The highest BCUT2D eigenvalue weighted by Gasteiger charge is 2.29. The molecule has 4 aromatic rings. The zero-order valence-electron chi connectivity index (χ0n) is 15.6. The van der Waals surface area contributed by atoms with Gasteiger partial charge in [0.2, 0.25) is 0 Å². The molecule has 2 aromatic carbocycles. The quantitative estimate of drug-likeness (QED) is 0.516. The number of fused-ring (bicyclic) bond motifs is 1. The van der Waals surface area contributed by atoms with E-state index in [1.54, 1.807) is 10.6 Å². The predicted molar refractivity (Wildman–Crippen MR) is 104 cm³/mol. The molecule has 0 bridgehead atoms. The van der Waals surface area contributed by atoms with Gasteiger partial charge in [0.05, 0.1) is 5.56 Å². The molecule has 0 saturated heterocycles. The van der Waals surface area contributed by atoms with Crippen LogP contribution in [0.4, 0.5) is 24.7 Å². The minimum atomic E-state index is -4.36. The molecule has 0 spiro atoms. The molecule has 5 nitrogen and oxygen atoms in total. The van der Waals surface area contributed by atoms with Gasteiger partial charge in [-0.15, -0.1) is 5.10 Å². The van der Waals surface area contributed by atoms with Crippen molar-refractivity contribution in [2.24, 2.45) is 0 Å². The van der Waals surface area contributed by atoms with Gasteiger partial charge in [-0.2, -0.15) is 22.7 Å². The molecule has 0 unspecified atom stereocenters. The van der Waals surface area contributed by atoms with Gasteiger partial charge in [-0.25, -0.2) is 4.98 Å². The average Bonchev–Trinajstić information content (AvgIpc) is 3.10. The summed E-state index contributed by atoms with van der Waals surface area (Å²) < 4.78 is 39.8. The molecule has 0 amide bonds. The zero-order chi connectivity index (χ0) is 20.4. The van der Waals surface area contributed by atoms with E-state index in [-0.39, 0.29) is 0 Å². The van der Waals surface area contributed by atoms with E-state index in [1.165, 1.54) is 17.7 Å². The summed E-state index contributed by atoms with van der Waals surface area (Å²) in [5.41, 5.74) is 1.75. The summed E-state index contributed by atoms with van der Waals surface area (Å²) in [6, 6.07) is 16.7. The lowest BCUT2D eigenvalue weighted by Crippen LogP contribution is -2.05. The number of benzene rings is 2. The number of rotatable bonds is 5. The number of halogens is 3. The van der Waals surface area contributed by atoms with E-state index in [2.05, 4.69) is 32.5 Å². The van der Waals surface area contributed by atoms with Gasteiger partial charge in [0.1, 0.15) is 5.82 Å². The van der Waals surface area contributed by atoms with Crippen molar-refractivity contribution in [1.29, 1.82) is 0 Å². The number of anilines is 2. The number of aryl methyl sites for hydroxylation is 3. The molecule has 0 radical (unpaired) electrons. The van der Waals surface area contributed by atoms with E-state index in [4.69, 9.17) is 0 Å². The first-order valence-electron chi connectivity index (χ1n) is 9.10. The molecule has 0 aliphatic carbocycles. The molecule has 0 fully saturated rings. The van der Waals surface area contributed by atoms with Crippen molar-refractivity contribution in [2.45, 2.75) is 25.9 Å². The molecule has 0 saturated carbocycles. The second-order valence-electron chi connectivity index (χ2n) is 6.71. The Morgan fingerprint density at radius 3 is 2.34 bits per heavy atom. The topological polar surface area (TPSA) is 55.1 Å². The highest BCUT2D eigenvalue weighted by molar-refractivity contribution is 5.59. The summed E-state index contributed by atoms with van der Waals surface area (Å²) >= 11 is 0. The third-order valence-electron chi connectivity index (χ3n) is 4.45. The second-order valence-corrected chi connectivity index (χ2v) is 6.71. The van der Waals surface area contributed by atoms with Gasteiger partial charge in [-0.3, -0.25) is 0 Å². The lowest BCUT2D eigenvalue weighted by molar-refractivity contribution is -0.137. The minimum absolute atomic E-state index is 0.447. The number of alkyl halides is 3. The van der Waals surface area contributed by atoms with E-state index in [0.29, 0.717) is 29.5 Å². The summed E-state index contributed by atoms with van der Waals surface area (Å²) in [6.07, 6.45) is -2.90. The lowest BCUT2D eigenvalue weighted by Gasteiger charge is -2.10. The Morgan fingerprint density at radius 2 is 1.66 bits per heavy atom. The normalized spacial score (nSPS) is 11.7. The number of nitrogens with zero attached hydrogens (tertiary/aromatic N) is 4. The Labute approximate surface area is 165 Å². The fourth-order valence-electron chi connectivity index (χ4n) is 3.01. The van der Waals surface area contributed by atoms with Crippen LogP contribution in [0, 0.1) is 6.92 Å². The SMILES string of the molecule is Cc1cc(Nc2ccc(C(F)(F)F)cc2)n2nc(CCc3ccccc3)nc2n1. The van der Waals surface area contributed by atoms with Crippen molar-refractivity contribution >= 4 is 17.3 Å². The molecule has 8 heteroatoms. The summed E-state index contributed by atoms with van der Waals surface area (Å²) in [7, 11) is 0. The smallest absolute Gasteiger partial charge is 0.340 e. The third-order valence-corrected chi connectivity index (χ3v) is 4.45. The molecule has 0 atom stereocenters. The first kappa shape index (κ1) is 18.9. The van der Waals surface area contributed by atoms with Crippen LogP contribution >= 0.6 is 0 Å². The maximum absolute atomic E-state index is 12.8. The maximum Gasteiger partial charge on any atom is 0.416 e.